The van der Waals surface area contributed by atoms with Crippen molar-refractivity contribution >= 4 is 11.6 Å². The molecular weight excluding hydrogens is 424 g/mol. The molecule has 2 heterocycles. The van der Waals surface area contributed by atoms with Gasteiger partial charge in [0.15, 0.2) is 0 Å². The summed E-state index contributed by atoms with van der Waals surface area (Å²) >= 11 is 0. The van der Waals surface area contributed by atoms with Gasteiger partial charge in [0.25, 0.3) is 11.8 Å². The Balaban J connectivity index is 1.51. The predicted octanol–water partition coefficient (Wildman–Crippen LogP) is 4.94. The fraction of sp³-hybridized carbons (Fsp3) is 0.192. The number of hydrogen-bond acceptors (Lipinski definition) is 4. The predicted molar refractivity (Wildman–Crippen MR) is 123 cm³/mol. The fourth-order valence-electron chi connectivity index (χ4n) is 3.88. The Bertz CT molecular complexity index is 1190. The third-order valence-electron chi connectivity index (χ3n) is 5.55. The normalized spacial score (nSPS) is 15.7. The Morgan fingerprint density at radius 1 is 1.18 bits per heavy atom. The second-order valence-corrected chi connectivity index (χ2v) is 7.79. The first-order valence-electron chi connectivity index (χ1n) is 10.5. The van der Waals surface area contributed by atoms with E-state index in [0.717, 1.165) is 23.0 Å². The van der Waals surface area contributed by atoms with E-state index < -0.39 is 11.8 Å². The lowest BCUT2D eigenvalue weighted by Gasteiger charge is -2.22. The van der Waals surface area contributed by atoms with Gasteiger partial charge in [-0.1, -0.05) is 43.0 Å². The second kappa shape index (κ2) is 9.27. The van der Waals surface area contributed by atoms with Crippen molar-refractivity contribution in [3.63, 3.8) is 0 Å². The lowest BCUT2D eigenvalue weighted by molar-refractivity contribution is 0.0518. The highest BCUT2D eigenvalue weighted by Crippen LogP contribution is 2.32. The van der Waals surface area contributed by atoms with Crippen LogP contribution in [0.25, 0.3) is 11.1 Å². The van der Waals surface area contributed by atoms with E-state index in [2.05, 4.69) is 22.2 Å². The molecule has 1 aliphatic heterocycles. The van der Waals surface area contributed by atoms with E-state index >= 15 is 0 Å². The molecule has 3 aromatic rings. The van der Waals surface area contributed by atoms with Crippen molar-refractivity contribution in [3.05, 3.63) is 96.4 Å². The van der Waals surface area contributed by atoms with Crippen LogP contribution in [0.2, 0.25) is 0 Å². The van der Waals surface area contributed by atoms with E-state index in [9.17, 15) is 13.6 Å². The molecule has 1 aromatic heterocycles. The van der Waals surface area contributed by atoms with Crippen LogP contribution < -0.4 is 15.4 Å². The minimum Gasteiger partial charge on any atom is -0.472 e. The lowest BCUT2D eigenvalue weighted by Crippen LogP contribution is -2.27. The number of ether oxygens (including phenoxy) is 1. The average Bonchev–Trinajstić information content (AvgIpc) is 3.28. The van der Waals surface area contributed by atoms with Gasteiger partial charge in [0.2, 0.25) is 5.88 Å². The Hall–Kier alpha value is -3.96. The number of allylic oxidation sites excluding steroid dienone is 1. The molecule has 0 bridgehead atoms. The first-order valence-corrected chi connectivity index (χ1v) is 10.5. The van der Waals surface area contributed by atoms with Crippen LogP contribution in [0.4, 0.5) is 14.5 Å². The maximum Gasteiger partial charge on any atom is 0.300 e. The van der Waals surface area contributed by atoms with Gasteiger partial charge >= 0.3 is 0 Å². The van der Waals surface area contributed by atoms with Crippen LogP contribution in [-0.2, 0) is 5.92 Å². The molecule has 0 aliphatic carbocycles. The number of pyridine rings is 1. The van der Waals surface area contributed by atoms with Crippen molar-refractivity contribution in [2.75, 3.05) is 18.0 Å². The summed E-state index contributed by atoms with van der Waals surface area (Å²) in [5.74, 6) is -3.43. The van der Waals surface area contributed by atoms with Gasteiger partial charge in [-0.15, -0.1) is 5.73 Å². The van der Waals surface area contributed by atoms with Crippen molar-refractivity contribution in [1.82, 2.24) is 4.98 Å². The molecule has 1 fully saturated rings. The molecule has 1 aliphatic rings. The van der Waals surface area contributed by atoms with Crippen LogP contribution in [-0.4, -0.2) is 30.1 Å². The number of aromatic nitrogens is 1. The first kappa shape index (κ1) is 22.2. The zero-order chi connectivity index (χ0) is 23.4. The number of nitrogens with zero attached hydrogens (tertiary/aromatic N) is 2. The van der Waals surface area contributed by atoms with Gasteiger partial charge < -0.3 is 15.4 Å². The number of primary amides is 1. The van der Waals surface area contributed by atoms with Crippen molar-refractivity contribution < 1.29 is 18.3 Å². The number of benzene rings is 2. The average molecular weight is 447 g/mol. The highest BCUT2D eigenvalue weighted by atomic mass is 19.3. The molecule has 5 nitrogen and oxygen atoms in total. The second-order valence-electron chi connectivity index (χ2n) is 7.79. The molecule has 0 radical (unpaired) electrons. The molecule has 0 saturated carbocycles. The Labute approximate surface area is 190 Å². The highest BCUT2D eigenvalue weighted by Gasteiger charge is 2.30. The Kier molecular flexibility index (Phi) is 6.24. The maximum absolute atomic E-state index is 13.9. The van der Waals surface area contributed by atoms with Gasteiger partial charge in [0.05, 0.1) is 17.8 Å². The number of anilines is 1. The van der Waals surface area contributed by atoms with Gasteiger partial charge in [-0.2, -0.15) is 8.78 Å². The molecule has 1 atom stereocenters. The molecule has 7 heteroatoms. The number of carbonyl (C=O) groups is 1. The molecule has 4 rings (SSSR count). The minimum absolute atomic E-state index is 0.210. The van der Waals surface area contributed by atoms with Crippen molar-refractivity contribution in [1.29, 1.82) is 0 Å². The van der Waals surface area contributed by atoms with E-state index in [-0.39, 0.29) is 17.5 Å². The van der Waals surface area contributed by atoms with E-state index in [1.165, 1.54) is 12.1 Å². The third kappa shape index (κ3) is 4.94. The SMILES string of the molecule is C=C=CC(F)(F)c1ccc(O[C@H]2CCN(c3cc(-c4ccccc4)ccc3C(N)=O)C2)nc1. The van der Waals surface area contributed by atoms with Crippen LogP contribution >= 0.6 is 0 Å². The van der Waals surface area contributed by atoms with E-state index in [1.54, 1.807) is 6.07 Å². The van der Waals surface area contributed by atoms with Crippen molar-refractivity contribution in [3.8, 4) is 17.0 Å². The largest absolute Gasteiger partial charge is 0.472 e. The summed E-state index contributed by atoms with van der Waals surface area (Å²) in [6.45, 7) is 4.36. The Morgan fingerprint density at radius 3 is 2.64 bits per heavy atom. The summed E-state index contributed by atoms with van der Waals surface area (Å²) in [5.41, 5.74) is 10.7. The molecule has 0 unspecified atom stereocenters. The molecular formula is C26H23F2N3O2. The van der Waals surface area contributed by atoms with Gasteiger partial charge in [0.1, 0.15) is 6.10 Å². The number of hydrogen-bond donors (Lipinski definition) is 1. The van der Waals surface area contributed by atoms with Crippen LogP contribution in [0.3, 0.4) is 0 Å². The zero-order valence-corrected chi connectivity index (χ0v) is 17.9. The van der Waals surface area contributed by atoms with E-state index in [4.69, 9.17) is 10.5 Å². The van der Waals surface area contributed by atoms with Crippen molar-refractivity contribution in [2.45, 2.75) is 18.4 Å². The standard InChI is InChI=1S/C26H23F2N3O2/c1-2-13-26(27,28)20-9-11-24(30-16-20)33-21-12-14-31(17-21)23-15-19(8-10-22(23)25(29)32)18-6-4-3-5-7-18/h3-11,13,15-16,21H,1,12,14,17H2,(H2,29,32)/t21-/m0/s1. The van der Waals surface area contributed by atoms with Gasteiger partial charge in [-0.05, 0) is 29.3 Å². The van der Waals surface area contributed by atoms with E-state index in [0.29, 0.717) is 31.1 Å². The summed E-state index contributed by atoms with van der Waals surface area (Å²) < 4.78 is 33.7. The monoisotopic (exact) mass is 447 g/mol. The van der Waals surface area contributed by atoms with Crippen LogP contribution in [0.1, 0.15) is 22.3 Å². The number of rotatable bonds is 7. The molecule has 1 saturated heterocycles. The summed E-state index contributed by atoms with van der Waals surface area (Å²) in [4.78, 5) is 18.1. The topological polar surface area (TPSA) is 68.5 Å². The molecule has 0 spiro atoms. The number of nitrogens with two attached hydrogens (primary N) is 1. The van der Waals surface area contributed by atoms with Crippen molar-refractivity contribution in [2.24, 2.45) is 5.73 Å². The van der Waals surface area contributed by atoms with E-state index in [1.807, 2.05) is 42.5 Å². The summed E-state index contributed by atoms with van der Waals surface area (Å²) in [5, 5.41) is 0. The minimum atomic E-state index is -3.19. The number of alkyl halides is 2. The van der Waals surface area contributed by atoms with Gasteiger partial charge in [-0.3, -0.25) is 4.79 Å². The smallest absolute Gasteiger partial charge is 0.300 e. The van der Waals surface area contributed by atoms with Crippen LogP contribution in [0.15, 0.2) is 85.2 Å². The first-order chi connectivity index (χ1) is 15.9. The molecule has 2 N–H and O–H groups in total. The summed E-state index contributed by atoms with van der Waals surface area (Å²) in [7, 11) is 0. The third-order valence-corrected chi connectivity index (χ3v) is 5.55. The number of halogens is 2. The number of amides is 1. The zero-order valence-electron chi connectivity index (χ0n) is 17.9. The fourth-order valence-corrected chi connectivity index (χ4v) is 3.88. The molecule has 168 valence electrons. The quantitative estimate of drug-likeness (QED) is 0.521. The highest BCUT2D eigenvalue weighted by molar-refractivity contribution is 5.99. The lowest BCUT2D eigenvalue weighted by atomic mass is 10.0. The molecule has 2 aromatic carbocycles. The van der Waals surface area contributed by atoms with Crippen LogP contribution in [0, 0.1) is 0 Å². The van der Waals surface area contributed by atoms with Gasteiger partial charge in [0, 0.05) is 36.9 Å². The van der Waals surface area contributed by atoms with Gasteiger partial charge in [-0.25, -0.2) is 4.98 Å². The maximum atomic E-state index is 13.9. The molecule has 33 heavy (non-hydrogen) atoms. The Morgan fingerprint density at radius 2 is 1.97 bits per heavy atom. The van der Waals surface area contributed by atoms with Crippen LogP contribution in [0.5, 0.6) is 5.88 Å². The molecule has 1 amide bonds. The summed E-state index contributed by atoms with van der Waals surface area (Å²) in [6, 6.07) is 18.1. The summed E-state index contributed by atoms with van der Waals surface area (Å²) in [6.07, 6.45) is 2.16. The number of carbonyl (C=O) groups excluding carboxylic acids is 1.